The summed E-state index contributed by atoms with van der Waals surface area (Å²) in [4.78, 5) is 20.9. The number of rotatable bonds is 3. The number of aromatic nitrogens is 2. The lowest BCUT2D eigenvalue weighted by molar-refractivity contribution is -0.127. The minimum absolute atomic E-state index is 0.0265. The first-order chi connectivity index (χ1) is 8.74. The fourth-order valence-electron chi connectivity index (χ4n) is 1.78. The van der Waals surface area contributed by atoms with E-state index in [1.54, 1.807) is 4.90 Å². The quantitative estimate of drug-likeness (QED) is 0.747. The summed E-state index contributed by atoms with van der Waals surface area (Å²) < 4.78 is 5.59. The first-order valence-electron chi connectivity index (χ1n) is 5.46. The second-order valence-corrected chi connectivity index (χ2v) is 4.09. The van der Waals surface area contributed by atoms with Gasteiger partial charge in [0.25, 0.3) is 5.88 Å². The van der Waals surface area contributed by atoms with Gasteiger partial charge in [0.05, 0.1) is 6.54 Å². The number of hydrogen-bond acceptors (Lipinski definition) is 5. The Balaban J connectivity index is 2.00. The molecule has 0 N–H and O–H groups in total. The Labute approximate surface area is 109 Å². The van der Waals surface area contributed by atoms with Gasteiger partial charge in [-0.25, -0.2) is 9.97 Å². The van der Waals surface area contributed by atoms with Crippen LogP contribution in [0.4, 0.5) is 0 Å². The van der Waals surface area contributed by atoms with Crippen LogP contribution in [0.25, 0.3) is 0 Å². The number of likely N-dealkylation sites (tertiary alicyclic amines) is 1. The topological polar surface area (TPSA) is 79.1 Å². The van der Waals surface area contributed by atoms with E-state index in [0.717, 1.165) is 0 Å². The van der Waals surface area contributed by atoms with Crippen LogP contribution < -0.4 is 4.74 Å². The average Bonchev–Trinajstić information content (AvgIpc) is 2.87. The van der Waals surface area contributed by atoms with Crippen molar-refractivity contribution in [3.63, 3.8) is 0 Å². The van der Waals surface area contributed by atoms with Crippen LogP contribution in [0, 0.1) is 11.3 Å². The van der Waals surface area contributed by atoms with Gasteiger partial charge in [0.2, 0.25) is 11.6 Å². The number of hydrogen-bond donors (Lipinski definition) is 0. The Hall–Kier alpha value is -1.87. The third-order valence-corrected chi connectivity index (χ3v) is 2.89. The van der Waals surface area contributed by atoms with Gasteiger partial charge in [0.15, 0.2) is 0 Å². The van der Waals surface area contributed by atoms with E-state index in [2.05, 4.69) is 9.97 Å². The second-order valence-electron chi connectivity index (χ2n) is 3.82. The Kier molecular flexibility index (Phi) is 3.95. The summed E-state index contributed by atoms with van der Waals surface area (Å²) in [5, 5.41) is 8.86. The molecule has 1 aliphatic rings. The fraction of sp³-hybridized carbons (Fsp3) is 0.455. The van der Waals surface area contributed by atoms with Gasteiger partial charge in [0, 0.05) is 25.4 Å². The minimum Gasteiger partial charge on any atom is -0.470 e. The summed E-state index contributed by atoms with van der Waals surface area (Å²) in [6.45, 7) is 1.07. The lowest BCUT2D eigenvalue weighted by atomic mass is 10.3. The van der Waals surface area contributed by atoms with Crippen molar-refractivity contribution in [2.75, 3.05) is 19.0 Å². The predicted octanol–water partition coefficient (Wildman–Crippen LogP) is 0.567. The summed E-state index contributed by atoms with van der Waals surface area (Å²) in [6, 6.07) is 1.91. The van der Waals surface area contributed by atoms with Crippen molar-refractivity contribution in [1.29, 1.82) is 5.26 Å². The molecule has 2 heterocycles. The number of halogens is 1. The largest absolute Gasteiger partial charge is 0.470 e. The molecule has 0 aromatic carbocycles. The summed E-state index contributed by atoms with van der Waals surface area (Å²) in [6.07, 6.45) is 3.43. The van der Waals surface area contributed by atoms with Gasteiger partial charge in [0.1, 0.15) is 18.1 Å². The average molecular weight is 267 g/mol. The van der Waals surface area contributed by atoms with Crippen LogP contribution in [-0.2, 0) is 4.79 Å². The molecular weight excluding hydrogens is 256 g/mol. The van der Waals surface area contributed by atoms with E-state index in [4.69, 9.17) is 21.6 Å². The first-order valence-corrected chi connectivity index (χ1v) is 5.99. The van der Waals surface area contributed by atoms with Gasteiger partial charge in [-0.15, -0.1) is 11.6 Å². The van der Waals surface area contributed by atoms with Gasteiger partial charge in [-0.1, -0.05) is 0 Å². The molecule has 6 nitrogen and oxygen atoms in total. The maximum Gasteiger partial charge on any atom is 0.251 e. The number of alkyl halides is 1. The molecule has 0 spiro atoms. The Morgan fingerprint density at radius 2 is 2.39 bits per heavy atom. The molecule has 0 aliphatic carbocycles. The van der Waals surface area contributed by atoms with Crippen LogP contribution in [0.15, 0.2) is 12.4 Å². The van der Waals surface area contributed by atoms with Crippen LogP contribution in [-0.4, -0.2) is 45.8 Å². The molecule has 1 unspecified atom stereocenters. The van der Waals surface area contributed by atoms with Crippen molar-refractivity contribution >= 4 is 17.5 Å². The Bertz CT molecular complexity index is 488. The second kappa shape index (κ2) is 5.65. The molecule has 1 atom stereocenters. The summed E-state index contributed by atoms with van der Waals surface area (Å²) >= 11 is 5.49. The lowest BCUT2D eigenvalue weighted by Crippen LogP contribution is -2.31. The zero-order valence-corrected chi connectivity index (χ0v) is 10.3. The summed E-state index contributed by atoms with van der Waals surface area (Å²) in [7, 11) is 0. The molecule has 18 heavy (non-hydrogen) atoms. The molecule has 0 radical (unpaired) electrons. The van der Waals surface area contributed by atoms with E-state index in [9.17, 15) is 4.79 Å². The van der Waals surface area contributed by atoms with E-state index >= 15 is 0 Å². The Morgan fingerprint density at radius 1 is 1.61 bits per heavy atom. The summed E-state index contributed by atoms with van der Waals surface area (Å²) in [5.74, 6) is 0.0778. The van der Waals surface area contributed by atoms with Gasteiger partial charge in [-0.2, -0.15) is 5.26 Å². The van der Waals surface area contributed by atoms with Crippen LogP contribution in [0.2, 0.25) is 0 Å². The zero-order chi connectivity index (χ0) is 13.0. The van der Waals surface area contributed by atoms with Crippen LogP contribution in [0.1, 0.15) is 12.1 Å². The normalized spacial score (nSPS) is 18.4. The van der Waals surface area contributed by atoms with Gasteiger partial charge in [-0.3, -0.25) is 4.79 Å². The van der Waals surface area contributed by atoms with Crippen molar-refractivity contribution in [1.82, 2.24) is 14.9 Å². The molecule has 2 rings (SSSR count). The van der Waals surface area contributed by atoms with Gasteiger partial charge in [-0.05, 0) is 0 Å². The van der Waals surface area contributed by atoms with Crippen molar-refractivity contribution in [3.05, 3.63) is 18.1 Å². The molecule has 1 aliphatic heterocycles. The van der Waals surface area contributed by atoms with Crippen molar-refractivity contribution < 1.29 is 9.53 Å². The molecular formula is C11H11ClN4O2. The number of nitriles is 1. The third kappa shape index (κ3) is 2.68. The molecule has 1 aromatic heterocycles. The SMILES string of the molecule is N#Cc1nccnc1OC1CCN(C(=O)CCl)C1. The molecule has 1 fully saturated rings. The highest BCUT2D eigenvalue weighted by Gasteiger charge is 2.28. The summed E-state index contributed by atoms with van der Waals surface area (Å²) in [5.41, 5.74) is 0.152. The van der Waals surface area contributed by atoms with Gasteiger partial charge < -0.3 is 9.64 Å². The smallest absolute Gasteiger partial charge is 0.251 e. The predicted molar refractivity (Wildman–Crippen MR) is 63.1 cm³/mol. The minimum atomic E-state index is -0.166. The number of amides is 1. The number of ether oxygens (including phenoxy) is 1. The van der Waals surface area contributed by atoms with Gasteiger partial charge >= 0.3 is 0 Å². The monoisotopic (exact) mass is 266 g/mol. The number of carbonyl (C=O) groups is 1. The molecule has 94 valence electrons. The van der Waals surface area contributed by atoms with E-state index in [-0.39, 0.29) is 29.5 Å². The fourth-order valence-corrected chi connectivity index (χ4v) is 1.95. The molecule has 7 heteroatoms. The van der Waals surface area contributed by atoms with Crippen molar-refractivity contribution in [2.45, 2.75) is 12.5 Å². The van der Waals surface area contributed by atoms with E-state index in [1.165, 1.54) is 12.4 Å². The molecule has 1 aromatic rings. The third-order valence-electron chi connectivity index (χ3n) is 2.66. The standard InChI is InChI=1S/C11H11ClN4O2/c12-5-10(17)16-4-1-8(7-16)18-11-9(6-13)14-2-3-15-11/h2-3,8H,1,4-5,7H2. The van der Waals surface area contributed by atoms with Crippen LogP contribution in [0.3, 0.4) is 0 Å². The number of carbonyl (C=O) groups excluding carboxylic acids is 1. The maximum absolute atomic E-state index is 11.4. The molecule has 0 bridgehead atoms. The molecule has 0 saturated carbocycles. The Morgan fingerprint density at radius 3 is 3.11 bits per heavy atom. The first kappa shape index (κ1) is 12.6. The highest BCUT2D eigenvalue weighted by Crippen LogP contribution is 2.18. The molecule has 1 saturated heterocycles. The highest BCUT2D eigenvalue weighted by atomic mass is 35.5. The highest BCUT2D eigenvalue weighted by molar-refractivity contribution is 6.27. The van der Waals surface area contributed by atoms with E-state index < -0.39 is 0 Å². The van der Waals surface area contributed by atoms with E-state index in [0.29, 0.717) is 19.5 Å². The zero-order valence-electron chi connectivity index (χ0n) is 9.54. The lowest BCUT2D eigenvalue weighted by Gasteiger charge is -2.15. The van der Waals surface area contributed by atoms with Crippen molar-refractivity contribution in [2.24, 2.45) is 0 Å². The number of nitrogens with zero attached hydrogens (tertiary/aromatic N) is 4. The van der Waals surface area contributed by atoms with Crippen molar-refractivity contribution in [3.8, 4) is 11.9 Å². The van der Waals surface area contributed by atoms with Crippen LogP contribution >= 0.6 is 11.6 Å². The van der Waals surface area contributed by atoms with Crippen LogP contribution in [0.5, 0.6) is 5.88 Å². The molecule has 1 amide bonds. The maximum atomic E-state index is 11.4. The van der Waals surface area contributed by atoms with E-state index in [1.807, 2.05) is 6.07 Å².